The lowest BCUT2D eigenvalue weighted by molar-refractivity contribution is -0.146. The number of ether oxygens (including phenoxy) is 1. The third kappa shape index (κ3) is 4.49. The van der Waals surface area contributed by atoms with Crippen LogP contribution in [0.15, 0.2) is 0 Å². The van der Waals surface area contributed by atoms with Crippen LogP contribution in [0.2, 0.25) is 0 Å². The van der Waals surface area contributed by atoms with Crippen molar-refractivity contribution in [2.75, 3.05) is 27.2 Å². The Bertz CT molecular complexity index is 312. The summed E-state index contributed by atoms with van der Waals surface area (Å²) >= 11 is 0. The second kappa shape index (κ2) is 7.48. The van der Waals surface area contributed by atoms with Crippen LogP contribution in [0.3, 0.4) is 0 Å². The van der Waals surface area contributed by atoms with E-state index >= 15 is 0 Å². The Morgan fingerprint density at radius 3 is 2.37 bits per heavy atom. The Kier molecular flexibility index (Phi) is 6.28. The zero-order valence-corrected chi connectivity index (χ0v) is 12.2. The van der Waals surface area contributed by atoms with Crippen molar-refractivity contribution in [1.82, 2.24) is 4.90 Å². The second-order valence-electron chi connectivity index (χ2n) is 5.60. The molecule has 0 aliphatic heterocycles. The van der Waals surface area contributed by atoms with Gasteiger partial charge in [0.1, 0.15) is 0 Å². The Labute approximate surface area is 115 Å². The molecule has 19 heavy (non-hydrogen) atoms. The SMILES string of the molecule is COC(=O)C(C)CN(C)C(=O)C1CCC(CN)CC1. The lowest BCUT2D eigenvalue weighted by Gasteiger charge is -2.30. The zero-order chi connectivity index (χ0) is 14.4. The molecule has 1 amide bonds. The highest BCUT2D eigenvalue weighted by molar-refractivity contribution is 5.79. The maximum absolute atomic E-state index is 12.3. The third-order valence-electron chi connectivity index (χ3n) is 4.06. The van der Waals surface area contributed by atoms with E-state index in [-0.39, 0.29) is 23.7 Å². The minimum Gasteiger partial charge on any atom is -0.469 e. The first kappa shape index (κ1) is 16.0. The first-order valence-corrected chi connectivity index (χ1v) is 7.02. The van der Waals surface area contributed by atoms with Crippen LogP contribution in [0.25, 0.3) is 0 Å². The van der Waals surface area contributed by atoms with Crippen LogP contribution in [0, 0.1) is 17.8 Å². The van der Waals surface area contributed by atoms with Gasteiger partial charge in [-0.05, 0) is 38.1 Å². The molecule has 110 valence electrons. The maximum atomic E-state index is 12.3. The fourth-order valence-corrected chi connectivity index (χ4v) is 2.73. The van der Waals surface area contributed by atoms with Gasteiger partial charge in [0, 0.05) is 19.5 Å². The van der Waals surface area contributed by atoms with E-state index in [1.807, 2.05) is 0 Å². The van der Waals surface area contributed by atoms with Crippen LogP contribution >= 0.6 is 0 Å². The Hall–Kier alpha value is -1.10. The van der Waals surface area contributed by atoms with Gasteiger partial charge < -0.3 is 15.4 Å². The van der Waals surface area contributed by atoms with Crippen molar-refractivity contribution in [2.24, 2.45) is 23.5 Å². The second-order valence-corrected chi connectivity index (χ2v) is 5.60. The highest BCUT2D eigenvalue weighted by Crippen LogP contribution is 2.29. The van der Waals surface area contributed by atoms with E-state index in [1.165, 1.54) is 7.11 Å². The maximum Gasteiger partial charge on any atom is 0.310 e. The molecule has 1 aliphatic rings. The minimum absolute atomic E-state index is 0.0950. The molecule has 1 rings (SSSR count). The van der Waals surface area contributed by atoms with Gasteiger partial charge in [-0.15, -0.1) is 0 Å². The molecule has 1 fully saturated rings. The van der Waals surface area contributed by atoms with Crippen LogP contribution in [0.1, 0.15) is 32.6 Å². The van der Waals surface area contributed by atoms with E-state index in [9.17, 15) is 9.59 Å². The van der Waals surface area contributed by atoms with Crippen LogP contribution in [0.5, 0.6) is 0 Å². The number of nitrogens with zero attached hydrogens (tertiary/aromatic N) is 1. The molecule has 1 saturated carbocycles. The molecule has 0 radical (unpaired) electrons. The summed E-state index contributed by atoms with van der Waals surface area (Å²) in [5, 5.41) is 0. The smallest absolute Gasteiger partial charge is 0.310 e. The standard InChI is InChI=1S/C14H26N2O3/c1-10(14(18)19-3)9-16(2)13(17)12-6-4-11(8-15)5-7-12/h10-12H,4-9,15H2,1-3H3. The summed E-state index contributed by atoms with van der Waals surface area (Å²) in [5.74, 6) is 0.262. The van der Waals surface area contributed by atoms with Crippen molar-refractivity contribution in [1.29, 1.82) is 0 Å². The predicted octanol–water partition coefficient (Wildman–Crippen LogP) is 1.02. The molecule has 0 spiro atoms. The summed E-state index contributed by atoms with van der Waals surface area (Å²) in [6, 6.07) is 0. The van der Waals surface area contributed by atoms with Crippen LogP contribution in [0.4, 0.5) is 0 Å². The van der Waals surface area contributed by atoms with E-state index < -0.39 is 0 Å². The summed E-state index contributed by atoms with van der Waals surface area (Å²) in [7, 11) is 3.13. The van der Waals surface area contributed by atoms with Crippen molar-refractivity contribution in [3.8, 4) is 0 Å². The van der Waals surface area contributed by atoms with E-state index in [0.717, 1.165) is 32.2 Å². The fourth-order valence-electron chi connectivity index (χ4n) is 2.73. The molecule has 0 heterocycles. The molecule has 0 aromatic carbocycles. The van der Waals surface area contributed by atoms with Gasteiger partial charge in [0.15, 0.2) is 0 Å². The van der Waals surface area contributed by atoms with Crippen molar-refractivity contribution in [2.45, 2.75) is 32.6 Å². The van der Waals surface area contributed by atoms with E-state index in [2.05, 4.69) is 4.74 Å². The molecule has 5 heteroatoms. The molecule has 0 bridgehead atoms. The number of rotatable bonds is 5. The molecule has 5 nitrogen and oxygen atoms in total. The summed E-state index contributed by atoms with van der Waals surface area (Å²) in [6.45, 7) is 2.92. The Balaban J connectivity index is 2.42. The van der Waals surface area contributed by atoms with Crippen LogP contribution in [-0.2, 0) is 14.3 Å². The number of methoxy groups -OCH3 is 1. The number of nitrogens with two attached hydrogens (primary N) is 1. The number of esters is 1. The average Bonchev–Trinajstić information content (AvgIpc) is 2.45. The minimum atomic E-state index is -0.278. The largest absolute Gasteiger partial charge is 0.469 e. The topological polar surface area (TPSA) is 72.6 Å². The van der Waals surface area contributed by atoms with Gasteiger partial charge in [0.2, 0.25) is 5.91 Å². The summed E-state index contributed by atoms with van der Waals surface area (Å²) in [4.78, 5) is 25.3. The van der Waals surface area contributed by atoms with Crippen molar-refractivity contribution in [3.63, 3.8) is 0 Å². The van der Waals surface area contributed by atoms with Gasteiger partial charge in [0.25, 0.3) is 0 Å². The molecule has 1 atom stereocenters. The quantitative estimate of drug-likeness (QED) is 0.757. The highest BCUT2D eigenvalue weighted by atomic mass is 16.5. The first-order valence-electron chi connectivity index (χ1n) is 7.02. The molecule has 0 aromatic rings. The van der Waals surface area contributed by atoms with Gasteiger partial charge in [-0.1, -0.05) is 6.92 Å². The molecule has 1 aliphatic carbocycles. The van der Waals surface area contributed by atoms with Crippen molar-refractivity contribution in [3.05, 3.63) is 0 Å². The van der Waals surface area contributed by atoms with Crippen LogP contribution < -0.4 is 5.73 Å². The lowest BCUT2D eigenvalue weighted by atomic mass is 9.81. The molecular weight excluding hydrogens is 244 g/mol. The van der Waals surface area contributed by atoms with E-state index in [4.69, 9.17) is 5.73 Å². The van der Waals surface area contributed by atoms with Gasteiger partial charge >= 0.3 is 5.97 Å². The number of carbonyl (C=O) groups excluding carboxylic acids is 2. The predicted molar refractivity (Wildman–Crippen MR) is 73.3 cm³/mol. The third-order valence-corrected chi connectivity index (χ3v) is 4.06. The van der Waals surface area contributed by atoms with Gasteiger partial charge in [-0.3, -0.25) is 9.59 Å². The van der Waals surface area contributed by atoms with E-state index in [1.54, 1.807) is 18.9 Å². The van der Waals surface area contributed by atoms with Gasteiger partial charge in [-0.2, -0.15) is 0 Å². The van der Waals surface area contributed by atoms with Crippen LogP contribution in [-0.4, -0.2) is 44.0 Å². The Morgan fingerprint density at radius 2 is 1.89 bits per heavy atom. The fraction of sp³-hybridized carbons (Fsp3) is 0.857. The zero-order valence-electron chi connectivity index (χ0n) is 12.2. The van der Waals surface area contributed by atoms with Crippen molar-refractivity contribution >= 4 is 11.9 Å². The number of hydrogen-bond acceptors (Lipinski definition) is 4. The normalized spacial score (nSPS) is 24.6. The first-order chi connectivity index (χ1) is 8.99. The Morgan fingerprint density at radius 1 is 1.32 bits per heavy atom. The molecule has 1 unspecified atom stereocenters. The number of hydrogen-bond donors (Lipinski definition) is 1. The summed E-state index contributed by atoms with van der Waals surface area (Å²) < 4.78 is 4.68. The molecule has 2 N–H and O–H groups in total. The van der Waals surface area contributed by atoms with Gasteiger partial charge in [-0.25, -0.2) is 0 Å². The number of carbonyl (C=O) groups is 2. The molecule has 0 saturated heterocycles. The van der Waals surface area contributed by atoms with Crippen molar-refractivity contribution < 1.29 is 14.3 Å². The van der Waals surface area contributed by atoms with Gasteiger partial charge in [0.05, 0.1) is 13.0 Å². The monoisotopic (exact) mass is 270 g/mol. The highest BCUT2D eigenvalue weighted by Gasteiger charge is 2.29. The molecule has 0 aromatic heterocycles. The average molecular weight is 270 g/mol. The lowest BCUT2D eigenvalue weighted by Crippen LogP contribution is -2.39. The summed E-state index contributed by atoms with van der Waals surface area (Å²) in [5.41, 5.74) is 5.65. The molecular formula is C14H26N2O3. The van der Waals surface area contributed by atoms with E-state index in [0.29, 0.717) is 12.5 Å². The summed E-state index contributed by atoms with van der Waals surface area (Å²) in [6.07, 6.45) is 3.90. The number of amides is 1.